The van der Waals surface area contributed by atoms with Crippen molar-refractivity contribution in [2.45, 2.75) is 5.75 Å². The van der Waals surface area contributed by atoms with Crippen LogP contribution in [-0.4, -0.2) is 30.0 Å². The van der Waals surface area contributed by atoms with Crippen LogP contribution < -0.4 is 0 Å². The molecule has 18 heavy (non-hydrogen) atoms. The highest BCUT2D eigenvalue weighted by molar-refractivity contribution is 7.89. The average molecular weight is 268 g/mol. The van der Waals surface area contributed by atoms with Crippen molar-refractivity contribution < 1.29 is 23.7 Å². The fourth-order valence-electron chi connectivity index (χ4n) is 1.87. The SMILES string of the molecule is CS(=O)(=O)Cc1c(O)c(O)c(O)c2ccccc12. The lowest BCUT2D eigenvalue weighted by Gasteiger charge is -2.12. The topological polar surface area (TPSA) is 94.8 Å². The van der Waals surface area contributed by atoms with Crippen molar-refractivity contribution >= 4 is 20.6 Å². The van der Waals surface area contributed by atoms with E-state index in [1.165, 1.54) is 6.07 Å². The lowest BCUT2D eigenvalue weighted by Crippen LogP contribution is -2.02. The molecule has 0 bridgehead atoms. The van der Waals surface area contributed by atoms with Crippen LogP contribution in [0, 0.1) is 0 Å². The van der Waals surface area contributed by atoms with Crippen LogP contribution in [0.15, 0.2) is 24.3 Å². The number of rotatable bonds is 2. The van der Waals surface area contributed by atoms with Gasteiger partial charge in [0, 0.05) is 17.2 Å². The van der Waals surface area contributed by atoms with E-state index in [0.29, 0.717) is 10.8 Å². The van der Waals surface area contributed by atoms with Gasteiger partial charge in [-0.25, -0.2) is 8.42 Å². The summed E-state index contributed by atoms with van der Waals surface area (Å²) in [6.07, 6.45) is 1.03. The molecule has 0 fully saturated rings. The van der Waals surface area contributed by atoms with Gasteiger partial charge < -0.3 is 15.3 Å². The first-order valence-electron chi connectivity index (χ1n) is 5.13. The Hall–Kier alpha value is -1.95. The smallest absolute Gasteiger partial charge is 0.201 e. The summed E-state index contributed by atoms with van der Waals surface area (Å²) in [4.78, 5) is 0. The largest absolute Gasteiger partial charge is 0.504 e. The van der Waals surface area contributed by atoms with E-state index in [0.717, 1.165) is 6.26 Å². The molecular weight excluding hydrogens is 256 g/mol. The van der Waals surface area contributed by atoms with Gasteiger partial charge in [-0.15, -0.1) is 0 Å². The van der Waals surface area contributed by atoms with Crippen molar-refractivity contribution in [1.29, 1.82) is 0 Å². The third-order valence-corrected chi connectivity index (χ3v) is 3.46. The maximum absolute atomic E-state index is 11.3. The number of hydrogen-bond acceptors (Lipinski definition) is 5. The van der Waals surface area contributed by atoms with Crippen LogP contribution in [0.5, 0.6) is 17.2 Å². The quantitative estimate of drug-likeness (QED) is 0.717. The van der Waals surface area contributed by atoms with E-state index in [2.05, 4.69) is 0 Å². The maximum Gasteiger partial charge on any atom is 0.201 e. The van der Waals surface area contributed by atoms with Crippen molar-refractivity contribution in [2.24, 2.45) is 0 Å². The third-order valence-electron chi connectivity index (χ3n) is 2.65. The van der Waals surface area contributed by atoms with Crippen LogP contribution >= 0.6 is 0 Å². The lowest BCUT2D eigenvalue weighted by molar-refractivity contribution is 0.369. The van der Waals surface area contributed by atoms with E-state index >= 15 is 0 Å². The Morgan fingerprint density at radius 3 is 2.06 bits per heavy atom. The molecule has 2 rings (SSSR count). The van der Waals surface area contributed by atoms with Gasteiger partial charge in [0.05, 0.1) is 5.75 Å². The van der Waals surface area contributed by atoms with Gasteiger partial charge in [0.25, 0.3) is 0 Å². The molecule has 0 unspecified atom stereocenters. The monoisotopic (exact) mass is 268 g/mol. The number of hydrogen-bond donors (Lipinski definition) is 3. The lowest BCUT2D eigenvalue weighted by atomic mass is 10.0. The average Bonchev–Trinajstić information content (AvgIpc) is 2.31. The van der Waals surface area contributed by atoms with Gasteiger partial charge in [0.1, 0.15) is 0 Å². The van der Waals surface area contributed by atoms with E-state index in [-0.39, 0.29) is 5.56 Å². The number of phenols is 3. The second kappa shape index (κ2) is 4.06. The molecule has 2 aromatic carbocycles. The van der Waals surface area contributed by atoms with E-state index in [9.17, 15) is 23.7 Å². The Labute approximate surface area is 104 Å². The number of benzene rings is 2. The van der Waals surface area contributed by atoms with Gasteiger partial charge in [-0.05, 0) is 5.39 Å². The molecule has 0 spiro atoms. The zero-order valence-electron chi connectivity index (χ0n) is 9.58. The van der Waals surface area contributed by atoms with Gasteiger partial charge in [-0.3, -0.25) is 0 Å². The van der Waals surface area contributed by atoms with Gasteiger partial charge in [0.15, 0.2) is 21.3 Å². The first kappa shape index (κ1) is 12.5. The zero-order valence-corrected chi connectivity index (χ0v) is 10.4. The highest BCUT2D eigenvalue weighted by Crippen LogP contribution is 2.44. The van der Waals surface area contributed by atoms with E-state index in [1.807, 2.05) is 0 Å². The van der Waals surface area contributed by atoms with Crippen molar-refractivity contribution in [3.8, 4) is 17.2 Å². The summed E-state index contributed by atoms with van der Waals surface area (Å²) in [7, 11) is -3.37. The van der Waals surface area contributed by atoms with Crippen molar-refractivity contribution in [3.05, 3.63) is 29.8 Å². The number of aromatic hydroxyl groups is 3. The minimum atomic E-state index is -3.37. The van der Waals surface area contributed by atoms with E-state index in [4.69, 9.17) is 0 Å². The zero-order chi connectivity index (χ0) is 13.5. The van der Waals surface area contributed by atoms with E-state index < -0.39 is 32.8 Å². The molecule has 0 aliphatic heterocycles. The Morgan fingerprint density at radius 2 is 1.50 bits per heavy atom. The summed E-state index contributed by atoms with van der Waals surface area (Å²) >= 11 is 0. The van der Waals surface area contributed by atoms with Crippen LogP contribution in [0.1, 0.15) is 5.56 Å². The third kappa shape index (κ3) is 2.06. The maximum atomic E-state index is 11.3. The highest BCUT2D eigenvalue weighted by Gasteiger charge is 2.20. The summed E-state index contributed by atoms with van der Waals surface area (Å²) in [6, 6.07) is 6.41. The molecule has 0 saturated heterocycles. The molecule has 5 nitrogen and oxygen atoms in total. The summed E-state index contributed by atoms with van der Waals surface area (Å²) in [5, 5.41) is 29.8. The fourth-order valence-corrected chi connectivity index (χ4v) is 2.69. The van der Waals surface area contributed by atoms with Gasteiger partial charge in [0.2, 0.25) is 5.75 Å². The van der Waals surface area contributed by atoms with Crippen molar-refractivity contribution in [2.75, 3.05) is 6.26 Å². The van der Waals surface area contributed by atoms with Crippen LogP contribution in [0.3, 0.4) is 0 Å². The van der Waals surface area contributed by atoms with Crippen LogP contribution in [0.25, 0.3) is 10.8 Å². The fraction of sp³-hybridized carbons (Fsp3) is 0.167. The molecular formula is C12H12O5S. The van der Waals surface area contributed by atoms with E-state index in [1.54, 1.807) is 18.2 Å². The minimum absolute atomic E-state index is 0.0865. The molecule has 6 heteroatoms. The Bertz CT molecular complexity index is 719. The molecule has 2 aromatic rings. The normalized spacial score (nSPS) is 11.8. The van der Waals surface area contributed by atoms with Crippen LogP contribution in [0.2, 0.25) is 0 Å². The molecule has 0 saturated carbocycles. The standard InChI is InChI=1S/C12H12O5S/c1-18(16,17)6-9-7-4-2-3-5-8(7)10(13)12(15)11(9)14/h2-5,13-15H,6H2,1H3. The summed E-state index contributed by atoms with van der Waals surface area (Å²) < 4.78 is 22.7. The first-order chi connectivity index (χ1) is 8.31. The molecule has 0 radical (unpaired) electrons. The molecule has 0 amide bonds. The number of fused-ring (bicyclic) bond motifs is 1. The second-order valence-corrected chi connectivity index (χ2v) is 6.28. The molecule has 3 N–H and O–H groups in total. The molecule has 0 heterocycles. The predicted molar refractivity (Wildman–Crippen MR) is 67.5 cm³/mol. The minimum Gasteiger partial charge on any atom is -0.504 e. The Balaban J connectivity index is 2.87. The molecule has 0 aliphatic rings. The molecule has 0 atom stereocenters. The number of phenolic OH excluding ortho intramolecular Hbond substituents is 3. The highest BCUT2D eigenvalue weighted by atomic mass is 32.2. The summed E-state index contributed by atoms with van der Waals surface area (Å²) in [6.45, 7) is 0. The summed E-state index contributed by atoms with van der Waals surface area (Å²) in [5.74, 6) is -2.17. The molecule has 96 valence electrons. The first-order valence-corrected chi connectivity index (χ1v) is 7.19. The Morgan fingerprint density at radius 1 is 0.944 bits per heavy atom. The molecule has 0 aliphatic carbocycles. The second-order valence-electron chi connectivity index (χ2n) is 4.14. The predicted octanol–water partition coefficient (Wildman–Crippen LogP) is 1.50. The van der Waals surface area contributed by atoms with Crippen molar-refractivity contribution in [3.63, 3.8) is 0 Å². The van der Waals surface area contributed by atoms with Crippen LogP contribution in [-0.2, 0) is 15.6 Å². The van der Waals surface area contributed by atoms with Gasteiger partial charge in [-0.2, -0.15) is 0 Å². The summed E-state index contributed by atoms with van der Waals surface area (Å²) in [5.41, 5.74) is 0.0865. The van der Waals surface area contributed by atoms with Gasteiger partial charge in [-0.1, -0.05) is 24.3 Å². The number of sulfone groups is 1. The molecule has 0 aromatic heterocycles. The van der Waals surface area contributed by atoms with Gasteiger partial charge >= 0.3 is 0 Å². The Kier molecular flexibility index (Phi) is 2.82. The van der Waals surface area contributed by atoms with Crippen LogP contribution in [0.4, 0.5) is 0 Å². The van der Waals surface area contributed by atoms with Crippen molar-refractivity contribution in [1.82, 2.24) is 0 Å².